The topological polar surface area (TPSA) is 71.4 Å². The van der Waals surface area contributed by atoms with Crippen molar-refractivity contribution in [3.8, 4) is 0 Å². The van der Waals surface area contributed by atoms with Crippen LogP contribution in [0.25, 0.3) is 0 Å². The van der Waals surface area contributed by atoms with Crippen LogP contribution in [0.4, 0.5) is 0 Å². The summed E-state index contributed by atoms with van der Waals surface area (Å²) in [6, 6.07) is 0.398. The molecule has 1 fully saturated rings. The summed E-state index contributed by atoms with van der Waals surface area (Å²) in [5.74, 6) is 0. The molecule has 0 radical (unpaired) electrons. The zero-order valence-corrected chi connectivity index (χ0v) is 9.89. The lowest BCUT2D eigenvalue weighted by molar-refractivity contribution is 0.0858. The smallest absolute Gasteiger partial charge is 0.122 e. The Bertz CT molecular complexity index is 340. The number of piperazine rings is 1. The zero-order chi connectivity index (χ0) is 11.5. The largest absolute Gasteiger partial charge is 0.329 e. The Morgan fingerprint density at radius 3 is 2.88 bits per heavy atom. The monoisotopic (exact) mass is 225 g/mol. The average Bonchev–Trinajstić information content (AvgIpc) is 2.67. The molecule has 0 spiro atoms. The molecule has 1 aromatic rings. The lowest BCUT2D eigenvalue weighted by Crippen LogP contribution is -2.54. The molecule has 2 heterocycles. The maximum absolute atomic E-state index is 5.80. The van der Waals surface area contributed by atoms with E-state index >= 15 is 0 Å². The molecule has 90 valence electrons. The van der Waals surface area contributed by atoms with E-state index in [2.05, 4.69) is 27.2 Å². The third-order valence-corrected chi connectivity index (χ3v) is 3.18. The summed E-state index contributed by atoms with van der Waals surface area (Å²) in [7, 11) is 2.13. The van der Waals surface area contributed by atoms with Gasteiger partial charge in [0.1, 0.15) is 11.4 Å². The van der Waals surface area contributed by atoms with E-state index in [1.54, 1.807) is 0 Å². The molecule has 2 N–H and O–H groups in total. The number of hydrogen-bond donors (Lipinski definition) is 1. The second-order valence-electron chi connectivity index (χ2n) is 4.42. The minimum Gasteiger partial charge on any atom is -0.329 e. The van der Waals surface area contributed by atoms with Crippen molar-refractivity contribution in [2.45, 2.75) is 19.5 Å². The van der Waals surface area contributed by atoms with Crippen molar-refractivity contribution in [2.24, 2.45) is 5.73 Å². The highest BCUT2D eigenvalue weighted by molar-refractivity contribution is 5.05. The number of rotatable bonds is 3. The molecular weight excluding hydrogens is 206 g/mol. The van der Waals surface area contributed by atoms with E-state index in [1.165, 1.54) is 0 Å². The first-order chi connectivity index (χ1) is 7.70. The number of nitrogens with two attached hydrogens (primary N) is 1. The van der Waals surface area contributed by atoms with Crippen LogP contribution in [-0.4, -0.2) is 59.4 Å². The van der Waals surface area contributed by atoms with Gasteiger partial charge in [-0.05, 0) is 14.0 Å². The minimum atomic E-state index is 0.398. The van der Waals surface area contributed by atoms with Crippen molar-refractivity contribution in [1.82, 2.24) is 20.1 Å². The molecule has 1 atom stereocenters. The summed E-state index contributed by atoms with van der Waals surface area (Å²) in [5, 5.41) is 7.71. The summed E-state index contributed by atoms with van der Waals surface area (Å²) in [6.07, 6.45) is 0. The molecule has 0 bridgehead atoms. The highest BCUT2D eigenvalue weighted by Gasteiger charge is 2.25. The van der Waals surface area contributed by atoms with Crippen molar-refractivity contribution < 1.29 is 4.63 Å². The summed E-state index contributed by atoms with van der Waals surface area (Å²) in [4.78, 5) is 4.66. The van der Waals surface area contributed by atoms with Crippen LogP contribution in [0.1, 0.15) is 11.4 Å². The standard InChI is InChI=1S/C10H19N5O/c1-8-10(13-16-12-8)7-15-4-3-14(2)6-9(15)5-11/h9H,3-7,11H2,1-2H3. The fourth-order valence-corrected chi connectivity index (χ4v) is 2.07. The Labute approximate surface area is 95.3 Å². The molecule has 0 aromatic carbocycles. The van der Waals surface area contributed by atoms with Crippen molar-refractivity contribution >= 4 is 0 Å². The van der Waals surface area contributed by atoms with Crippen LogP contribution in [-0.2, 0) is 6.54 Å². The van der Waals surface area contributed by atoms with Gasteiger partial charge in [-0.3, -0.25) is 4.90 Å². The quantitative estimate of drug-likeness (QED) is 0.744. The van der Waals surface area contributed by atoms with Gasteiger partial charge in [0, 0.05) is 38.8 Å². The molecule has 1 aromatic heterocycles. The Hall–Kier alpha value is -0.980. The number of aryl methyl sites for hydroxylation is 1. The fraction of sp³-hybridized carbons (Fsp3) is 0.800. The van der Waals surface area contributed by atoms with Gasteiger partial charge in [0.05, 0.1) is 0 Å². The molecule has 1 aliphatic rings. The van der Waals surface area contributed by atoms with E-state index in [9.17, 15) is 0 Å². The van der Waals surface area contributed by atoms with Gasteiger partial charge in [-0.1, -0.05) is 10.3 Å². The number of hydrogen-bond acceptors (Lipinski definition) is 6. The molecular formula is C10H19N5O. The van der Waals surface area contributed by atoms with Crippen molar-refractivity contribution in [3.63, 3.8) is 0 Å². The number of likely N-dealkylation sites (N-methyl/N-ethyl adjacent to an activating group) is 1. The van der Waals surface area contributed by atoms with E-state index in [1.807, 2.05) is 6.92 Å². The highest BCUT2D eigenvalue weighted by Crippen LogP contribution is 2.12. The summed E-state index contributed by atoms with van der Waals surface area (Å²) < 4.78 is 4.71. The first kappa shape index (κ1) is 11.5. The molecule has 6 nitrogen and oxygen atoms in total. The van der Waals surface area contributed by atoms with Gasteiger partial charge in [-0.25, -0.2) is 4.63 Å². The molecule has 6 heteroatoms. The molecule has 1 unspecified atom stereocenters. The summed E-state index contributed by atoms with van der Waals surface area (Å²) >= 11 is 0. The third-order valence-electron chi connectivity index (χ3n) is 3.18. The Morgan fingerprint density at radius 2 is 2.25 bits per heavy atom. The number of nitrogens with zero attached hydrogens (tertiary/aromatic N) is 4. The Balaban J connectivity index is 2.01. The molecule has 1 aliphatic heterocycles. The van der Waals surface area contributed by atoms with Crippen LogP contribution < -0.4 is 5.73 Å². The molecule has 0 saturated carbocycles. The molecule has 1 saturated heterocycles. The predicted molar refractivity (Wildman–Crippen MR) is 59.8 cm³/mol. The van der Waals surface area contributed by atoms with E-state index < -0.39 is 0 Å². The lowest BCUT2D eigenvalue weighted by Gasteiger charge is -2.39. The van der Waals surface area contributed by atoms with Crippen LogP contribution in [0.5, 0.6) is 0 Å². The predicted octanol–water partition coefficient (Wildman–Crippen LogP) is -0.547. The van der Waals surface area contributed by atoms with E-state index in [4.69, 9.17) is 10.4 Å². The Kier molecular flexibility index (Phi) is 3.52. The van der Waals surface area contributed by atoms with Crippen LogP contribution in [0, 0.1) is 6.92 Å². The van der Waals surface area contributed by atoms with E-state index in [-0.39, 0.29) is 0 Å². The molecule has 16 heavy (non-hydrogen) atoms. The van der Waals surface area contributed by atoms with Gasteiger partial charge in [0.2, 0.25) is 0 Å². The first-order valence-electron chi connectivity index (χ1n) is 5.61. The van der Waals surface area contributed by atoms with E-state index in [0.29, 0.717) is 12.6 Å². The molecule has 0 amide bonds. The fourth-order valence-electron chi connectivity index (χ4n) is 2.07. The zero-order valence-electron chi connectivity index (χ0n) is 9.89. The van der Waals surface area contributed by atoms with Gasteiger partial charge in [0.25, 0.3) is 0 Å². The van der Waals surface area contributed by atoms with Crippen molar-refractivity contribution in [3.05, 3.63) is 11.4 Å². The average molecular weight is 225 g/mol. The van der Waals surface area contributed by atoms with Gasteiger partial charge in [0.15, 0.2) is 0 Å². The van der Waals surface area contributed by atoms with Crippen LogP contribution in [0.3, 0.4) is 0 Å². The van der Waals surface area contributed by atoms with Gasteiger partial charge in [-0.2, -0.15) is 0 Å². The third kappa shape index (κ3) is 2.40. The van der Waals surface area contributed by atoms with Crippen molar-refractivity contribution in [1.29, 1.82) is 0 Å². The molecule has 0 aliphatic carbocycles. The van der Waals surface area contributed by atoms with Crippen LogP contribution in [0.15, 0.2) is 4.63 Å². The normalized spacial score (nSPS) is 23.8. The molecule has 2 rings (SSSR count). The number of aromatic nitrogens is 2. The van der Waals surface area contributed by atoms with Gasteiger partial charge in [-0.15, -0.1) is 0 Å². The van der Waals surface area contributed by atoms with Crippen molar-refractivity contribution in [2.75, 3.05) is 33.2 Å². The van der Waals surface area contributed by atoms with Gasteiger partial charge < -0.3 is 10.6 Å². The lowest BCUT2D eigenvalue weighted by atomic mass is 10.1. The second-order valence-corrected chi connectivity index (χ2v) is 4.42. The second kappa shape index (κ2) is 4.90. The summed E-state index contributed by atoms with van der Waals surface area (Å²) in [5.41, 5.74) is 7.58. The van der Waals surface area contributed by atoms with Crippen LogP contribution in [0.2, 0.25) is 0 Å². The maximum atomic E-state index is 5.80. The summed E-state index contributed by atoms with van der Waals surface area (Å²) in [6.45, 7) is 6.48. The maximum Gasteiger partial charge on any atom is 0.122 e. The van der Waals surface area contributed by atoms with Crippen LogP contribution >= 0.6 is 0 Å². The van der Waals surface area contributed by atoms with E-state index in [0.717, 1.165) is 37.6 Å². The SMILES string of the molecule is Cc1nonc1CN1CCN(C)CC1CN. The Morgan fingerprint density at radius 1 is 1.44 bits per heavy atom. The first-order valence-corrected chi connectivity index (χ1v) is 5.61. The highest BCUT2D eigenvalue weighted by atomic mass is 16.6. The minimum absolute atomic E-state index is 0.398. The van der Waals surface area contributed by atoms with Gasteiger partial charge >= 0.3 is 0 Å².